The molecule has 0 heteroatoms. The Kier molecular flexibility index (Phi) is 6.96. The van der Waals surface area contributed by atoms with Crippen LogP contribution in [0.2, 0.25) is 0 Å². The molecule has 0 aliphatic heterocycles. The van der Waals surface area contributed by atoms with Crippen LogP contribution in [0.25, 0.3) is 0 Å². The van der Waals surface area contributed by atoms with Crippen LogP contribution in [0.5, 0.6) is 0 Å². The summed E-state index contributed by atoms with van der Waals surface area (Å²) in [6.07, 6.45) is 5.27. The normalized spacial score (nSPS) is 15.6. The van der Waals surface area contributed by atoms with Gasteiger partial charge in [-0.2, -0.15) is 0 Å². The van der Waals surface area contributed by atoms with Gasteiger partial charge < -0.3 is 0 Å². The minimum absolute atomic E-state index is 0.852. The van der Waals surface area contributed by atoms with Gasteiger partial charge in [0.25, 0.3) is 0 Å². The van der Waals surface area contributed by atoms with Gasteiger partial charge in [0.1, 0.15) is 0 Å². The quantitative estimate of drug-likeness (QED) is 0.500. The predicted octanol–water partition coefficient (Wildman–Crippen LogP) is 5.05. The molecular formula is C14H28. The van der Waals surface area contributed by atoms with Crippen molar-refractivity contribution in [3.63, 3.8) is 0 Å². The van der Waals surface area contributed by atoms with Gasteiger partial charge >= 0.3 is 0 Å². The van der Waals surface area contributed by atoms with Gasteiger partial charge in [0.05, 0.1) is 0 Å². The third kappa shape index (κ3) is 7.17. The molecule has 0 rings (SSSR count). The number of hydrogen-bond donors (Lipinski definition) is 0. The number of allylic oxidation sites excluding steroid dienone is 1. The average molecular weight is 196 g/mol. The van der Waals surface area contributed by atoms with Crippen molar-refractivity contribution >= 4 is 0 Å². The second kappa shape index (κ2) is 7.09. The first-order valence-corrected chi connectivity index (χ1v) is 6.07. The summed E-state index contributed by atoms with van der Waals surface area (Å²) >= 11 is 0. The first-order valence-electron chi connectivity index (χ1n) is 6.07. The summed E-state index contributed by atoms with van der Waals surface area (Å²) in [6.45, 7) is 15.5. The monoisotopic (exact) mass is 196 g/mol. The Morgan fingerprint density at radius 2 is 1.43 bits per heavy atom. The van der Waals surface area contributed by atoms with Crippen LogP contribution in [-0.4, -0.2) is 0 Å². The molecule has 0 nitrogen and oxygen atoms in total. The van der Waals surface area contributed by atoms with Crippen molar-refractivity contribution < 1.29 is 0 Å². The summed E-state index contributed by atoms with van der Waals surface area (Å²) in [4.78, 5) is 0. The van der Waals surface area contributed by atoms with Crippen molar-refractivity contribution in [1.29, 1.82) is 0 Å². The molecule has 84 valence electrons. The number of rotatable bonds is 7. The maximum absolute atomic E-state index is 3.96. The Balaban J connectivity index is 3.64. The lowest BCUT2D eigenvalue weighted by atomic mass is 9.86. The van der Waals surface area contributed by atoms with Crippen molar-refractivity contribution in [1.82, 2.24) is 0 Å². The van der Waals surface area contributed by atoms with Gasteiger partial charge in [-0.3, -0.25) is 0 Å². The van der Waals surface area contributed by atoms with Gasteiger partial charge in [-0.15, -0.1) is 6.58 Å². The fraction of sp³-hybridized carbons (Fsp3) is 0.857. The van der Waals surface area contributed by atoms with E-state index in [1.807, 2.05) is 0 Å². The average Bonchev–Trinajstić information content (AvgIpc) is 2.09. The molecule has 0 aromatic rings. The van der Waals surface area contributed by atoms with E-state index in [1.54, 1.807) is 0 Å². The van der Waals surface area contributed by atoms with Gasteiger partial charge in [-0.25, -0.2) is 0 Å². The van der Waals surface area contributed by atoms with Crippen LogP contribution in [0, 0.1) is 17.8 Å². The molecule has 0 spiro atoms. The maximum atomic E-state index is 3.96. The summed E-state index contributed by atoms with van der Waals surface area (Å²) in [5, 5.41) is 0. The lowest BCUT2D eigenvalue weighted by molar-refractivity contribution is 0.321. The Hall–Kier alpha value is -0.260. The van der Waals surface area contributed by atoms with Crippen LogP contribution in [0.4, 0.5) is 0 Å². The third-order valence-electron chi connectivity index (χ3n) is 3.20. The SMILES string of the molecule is C=C(C)CCC(C)C(C)CCC(C)C. The van der Waals surface area contributed by atoms with E-state index < -0.39 is 0 Å². The van der Waals surface area contributed by atoms with Crippen LogP contribution in [0.3, 0.4) is 0 Å². The van der Waals surface area contributed by atoms with Crippen LogP contribution < -0.4 is 0 Å². The van der Waals surface area contributed by atoms with Crippen molar-refractivity contribution in [2.45, 2.75) is 60.3 Å². The highest BCUT2D eigenvalue weighted by Crippen LogP contribution is 2.24. The van der Waals surface area contributed by atoms with Crippen LogP contribution in [0.1, 0.15) is 60.3 Å². The zero-order valence-electron chi connectivity index (χ0n) is 10.8. The summed E-state index contributed by atoms with van der Waals surface area (Å²) in [5.74, 6) is 2.58. The van der Waals surface area contributed by atoms with Crippen LogP contribution in [0.15, 0.2) is 12.2 Å². The molecule has 0 N–H and O–H groups in total. The van der Waals surface area contributed by atoms with E-state index in [0.717, 1.165) is 17.8 Å². The smallest absolute Gasteiger partial charge is 0.0323 e. The molecule has 0 bridgehead atoms. The van der Waals surface area contributed by atoms with E-state index in [9.17, 15) is 0 Å². The molecule has 0 aliphatic carbocycles. The minimum atomic E-state index is 0.852. The molecule has 0 fully saturated rings. The van der Waals surface area contributed by atoms with Gasteiger partial charge in [0.2, 0.25) is 0 Å². The summed E-state index contributed by atoms with van der Waals surface area (Å²) in [5.41, 5.74) is 1.33. The van der Waals surface area contributed by atoms with E-state index in [1.165, 1.54) is 31.3 Å². The summed E-state index contributed by atoms with van der Waals surface area (Å²) < 4.78 is 0. The first kappa shape index (κ1) is 13.7. The molecular weight excluding hydrogens is 168 g/mol. The Morgan fingerprint density at radius 3 is 1.86 bits per heavy atom. The van der Waals surface area contributed by atoms with E-state index in [2.05, 4.69) is 41.2 Å². The molecule has 0 saturated heterocycles. The van der Waals surface area contributed by atoms with Crippen LogP contribution in [-0.2, 0) is 0 Å². The highest BCUT2D eigenvalue weighted by Gasteiger charge is 2.12. The lowest BCUT2D eigenvalue weighted by Gasteiger charge is -2.20. The highest BCUT2D eigenvalue weighted by atomic mass is 14.2. The molecule has 0 aromatic carbocycles. The minimum Gasteiger partial charge on any atom is -0.100 e. The van der Waals surface area contributed by atoms with Gasteiger partial charge in [0.15, 0.2) is 0 Å². The molecule has 0 amide bonds. The molecule has 0 aromatic heterocycles. The fourth-order valence-electron chi connectivity index (χ4n) is 1.64. The van der Waals surface area contributed by atoms with Crippen molar-refractivity contribution in [3.05, 3.63) is 12.2 Å². The third-order valence-corrected chi connectivity index (χ3v) is 3.20. The molecule has 2 atom stereocenters. The lowest BCUT2D eigenvalue weighted by Crippen LogP contribution is -2.09. The Bertz CT molecular complexity index is 155. The molecule has 0 aliphatic rings. The van der Waals surface area contributed by atoms with E-state index >= 15 is 0 Å². The number of hydrogen-bond acceptors (Lipinski definition) is 0. The fourth-order valence-corrected chi connectivity index (χ4v) is 1.64. The van der Waals surface area contributed by atoms with Gasteiger partial charge in [-0.1, -0.05) is 46.1 Å². The van der Waals surface area contributed by atoms with Crippen molar-refractivity contribution in [2.24, 2.45) is 17.8 Å². The largest absolute Gasteiger partial charge is 0.100 e. The van der Waals surface area contributed by atoms with Crippen LogP contribution >= 0.6 is 0 Å². The zero-order chi connectivity index (χ0) is 11.1. The topological polar surface area (TPSA) is 0 Å². The first-order chi connectivity index (χ1) is 6.43. The van der Waals surface area contributed by atoms with E-state index in [0.29, 0.717) is 0 Å². The predicted molar refractivity (Wildman–Crippen MR) is 66.4 cm³/mol. The van der Waals surface area contributed by atoms with Crippen molar-refractivity contribution in [2.75, 3.05) is 0 Å². The second-order valence-electron chi connectivity index (χ2n) is 5.42. The maximum Gasteiger partial charge on any atom is -0.0323 e. The second-order valence-corrected chi connectivity index (χ2v) is 5.42. The summed E-state index contributed by atoms with van der Waals surface area (Å²) in [7, 11) is 0. The molecule has 0 heterocycles. The van der Waals surface area contributed by atoms with E-state index in [4.69, 9.17) is 0 Å². The van der Waals surface area contributed by atoms with Gasteiger partial charge in [0, 0.05) is 0 Å². The zero-order valence-corrected chi connectivity index (χ0v) is 10.8. The molecule has 2 unspecified atom stereocenters. The van der Waals surface area contributed by atoms with E-state index in [-0.39, 0.29) is 0 Å². The van der Waals surface area contributed by atoms with Gasteiger partial charge in [-0.05, 0) is 37.5 Å². The molecule has 0 radical (unpaired) electrons. The molecule has 14 heavy (non-hydrogen) atoms. The Labute approximate surface area is 90.8 Å². The molecule has 0 saturated carbocycles. The standard InChI is InChI=1S/C14H28/c1-11(2)7-9-13(5)14(6)10-8-12(3)4/h12-14H,1,7-10H2,2-6H3. The summed E-state index contributed by atoms with van der Waals surface area (Å²) in [6, 6.07) is 0. The Morgan fingerprint density at radius 1 is 0.929 bits per heavy atom. The van der Waals surface area contributed by atoms with Crippen molar-refractivity contribution in [3.8, 4) is 0 Å². The highest BCUT2D eigenvalue weighted by molar-refractivity contribution is 4.88.